The molecule has 5 nitrogen and oxygen atoms in total. The zero-order valence-corrected chi connectivity index (χ0v) is 11.3. The highest BCUT2D eigenvalue weighted by molar-refractivity contribution is 6.01. The molecular weight excluding hydrogens is 234 g/mol. The lowest BCUT2D eigenvalue weighted by Gasteiger charge is -2.26. The van der Waals surface area contributed by atoms with E-state index in [1.165, 1.54) is 0 Å². The summed E-state index contributed by atoms with van der Waals surface area (Å²) >= 11 is 0. The molecule has 18 heavy (non-hydrogen) atoms. The number of amides is 2. The van der Waals surface area contributed by atoms with Gasteiger partial charge in [-0.05, 0) is 11.8 Å². The predicted molar refractivity (Wildman–Crippen MR) is 65.1 cm³/mol. The van der Waals surface area contributed by atoms with Gasteiger partial charge in [0.05, 0.1) is 0 Å². The summed E-state index contributed by atoms with van der Waals surface area (Å²) < 4.78 is 0. The van der Waals surface area contributed by atoms with Gasteiger partial charge in [-0.1, -0.05) is 33.6 Å². The number of hydrogen-bond acceptors (Lipinski definition) is 4. The number of carbonyl (C=O) groups is 3. The Bertz CT molecular complexity index is 331. The maximum Gasteiger partial charge on any atom is 0.333 e. The average Bonchev–Trinajstić information content (AvgIpc) is 2.68. The van der Waals surface area contributed by atoms with E-state index in [0.29, 0.717) is 11.5 Å². The van der Waals surface area contributed by atoms with Crippen LogP contribution in [0.1, 0.15) is 59.3 Å². The number of imide groups is 1. The van der Waals surface area contributed by atoms with Gasteiger partial charge in [-0.3, -0.25) is 9.59 Å². The highest BCUT2D eigenvalue weighted by Crippen LogP contribution is 2.31. The third-order valence-electron chi connectivity index (χ3n) is 3.84. The van der Waals surface area contributed by atoms with Crippen molar-refractivity contribution in [3.63, 3.8) is 0 Å². The molecule has 1 saturated heterocycles. The standard InChI is InChI=1S/C13H21NO4/c1-4-13(3,5-2)9-8-12(17)18-14-10(15)6-7-11(14)16/h4-9H2,1-3H3. The topological polar surface area (TPSA) is 63.7 Å². The Balaban J connectivity index is 2.43. The molecule has 0 aromatic carbocycles. The zero-order chi connectivity index (χ0) is 13.8. The van der Waals surface area contributed by atoms with Gasteiger partial charge in [-0.15, -0.1) is 5.06 Å². The summed E-state index contributed by atoms with van der Waals surface area (Å²) in [5, 5.41) is 0.609. The van der Waals surface area contributed by atoms with Crippen molar-refractivity contribution >= 4 is 17.8 Å². The molecule has 0 spiro atoms. The Kier molecular flexibility index (Phi) is 4.87. The molecule has 1 heterocycles. The number of rotatable bonds is 6. The van der Waals surface area contributed by atoms with Crippen LogP contribution in [0.15, 0.2) is 0 Å². The molecule has 1 rings (SSSR count). The maximum atomic E-state index is 11.6. The predicted octanol–water partition coefficient (Wildman–Crippen LogP) is 2.20. The Morgan fingerprint density at radius 2 is 1.72 bits per heavy atom. The van der Waals surface area contributed by atoms with Crippen molar-refractivity contribution in [3.05, 3.63) is 0 Å². The van der Waals surface area contributed by atoms with Crippen LogP contribution < -0.4 is 0 Å². The Morgan fingerprint density at radius 1 is 1.22 bits per heavy atom. The lowest BCUT2D eigenvalue weighted by atomic mass is 9.80. The summed E-state index contributed by atoms with van der Waals surface area (Å²) in [7, 11) is 0. The SMILES string of the molecule is CCC(C)(CC)CCC(=O)ON1C(=O)CCC1=O. The Labute approximate surface area is 107 Å². The van der Waals surface area contributed by atoms with Gasteiger partial charge in [0.15, 0.2) is 0 Å². The molecule has 0 radical (unpaired) electrons. The van der Waals surface area contributed by atoms with Crippen LogP contribution in [-0.4, -0.2) is 22.8 Å². The number of nitrogens with zero attached hydrogens (tertiary/aromatic N) is 1. The van der Waals surface area contributed by atoms with Crippen molar-refractivity contribution in [2.45, 2.75) is 59.3 Å². The summed E-state index contributed by atoms with van der Waals surface area (Å²) in [5.74, 6) is -1.36. The molecule has 0 atom stereocenters. The molecule has 1 aliphatic heterocycles. The van der Waals surface area contributed by atoms with E-state index in [1.807, 2.05) is 0 Å². The fraction of sp³-hybridized carbons (Fsp3) is 0.769. The molecule has 0 unspecified atom stereocenters. The summed E-state index contributed by atoms with van der Waals surface area (Å²) in [6.45, 7) is 6.29. The molecular formula is C13H21NO4. The monoisotopic (exact) mass is 255 g/mol. The third-order valence-corrected chi connectivity index (χ3v) is 3.84. The smallest absolute Gasteiger partial charge is 0.330 e. The zero-order valence-electron chi connectivity index (χ0n) is 11.3. The highest BCUT2D eigenvalue weighted by atomic mass is 16.7. The van der Waals surface area contributed by atoms with E-state index in [4.69, 9.17) is 4.84 Å². The first-order chi connectivity index (χ1) is 8.41. The second kappa shape index (κ2) is 5.98. The quantitative estimate of drug-likeness (QED) is 0.682. The summed E-state index contributed by atoms with van der Waals surface area (Å²) in [6, 6.07) is 0. The number of hydrogen-bond donors (Lipinski definition) is 0. The van der Waals surface area contributed by atoms with E-state index in [0.717, 1.165) is 12.8 Å². The largest absolute Gasteiger partial charge is 0.333 e. The van der Waals surface area contributed by atoms with E-state index in [1.54, 1.807) is 0 Å². The van der Waals surface area contributed by atoms with E-state index < -0.39 is 17.8 Å². The van der Waals surface area contributed by atoms with Crippen LogP contribution in [0.25, 0.3) is 0 Å². The number of carbonyl (C=O) groups excluding carboxylic acids is 3. The second-order valence-corrected chi connectivity index (χ2v) is 5.06. The minimum atomic E-state index is -0.508. The minimum absolute atomic E-state index is 0.109. The third kappa shape index (κ3) is 3.55. The van der Waals surface area contributed by atoms with Crippen LogP contribution in [0, 0.1) is 5.41 Å². The molecule has 0 bridgehead atoms. The van der Waals surface area contributed by atoms with E-state index in [-0.39, 0.29) is 24.7 Å². The van der Waals surface area contributed by atoms with Crippen LogP contribution in [-0.2, 0) is 19.2 Å². The van der Waals surface area contributed by atoms with Crippen LogP contribution in [0.3, 0.4) is 0 Å². The van der Waals surface area contributed by atoms with Gasteiger partial charge >= 0.3 is 5.97 Å². The molecule has 5 heteroatoms. The lowest BCUT2D eigenvalue weighted by molar-refractivity contribution is -0.197. The van der Waals surface area contributed by atoms with Gasteiger partial charge in [-0.25, -0.2) is 4.79 Å². The molecule has 2 amide bonds. The van der Waals surface area contributed by atoms with E-state index >= 15 is 0 Å². The van der Waals surface area contributed by atoms with E-state index in [9.17, 15) is 14.4 Å². The minimum Gasteiger partial charge on any atom is -0.330 e. The Hall–Kier alpha value is -1.39. The first-order valence-corrected chi connectivity index (χ1v) is 6.48. The van der Waals surface area contributed by atoms with Crippen LogP contribution in [0.5, 0.6) is 0 Å². The maximum absolute atomic E-state index is 11.6. The van der Waals surface area contributed by atoms with Crippen molar-refractivity contribution < 1.29 is 19.2 Å². The lowest BCUT2D eigenvalue weighted by Crippen LogP contribution is -2.32. The van der Waals surface area contributed by atoms with Crippen molar-refractivity contribution in [2.75, 3.05) is 0 Å². The summed E-state index contributed by atoms with van der Waals surface area (Å²) in [5.41, 5.74) is 0.109. The van der Waals surface area contributed by atoms with Gasteiger partial charge in [0.2, 0.25) is 0 Å². The van der Waals surface area contributed by atoms with Gasteiger partial charge in [0.1, 0.15) is 0 Å². The van der Waals surface area contributed by atoms with E-state index in [2.05, 4.69) is 20.8 Å². The first-order valence-electron chi connectivity index (χ1n) is 6.48. The first kappa shape index (κ1) is 14.7. The molecule has 1 fully saturated rings. The fourth-order valence-electron chi connectivity index (χ4n) is 1.81. The van der Waals surface area contributed by atoms with Crippen molar-refractivity contribution in [3.8, 4) is 0 Å². The van der Waals surface area contributed by atoms with Gasteiger partial charge in [0, 0.05) is 19.3 Å². The molecule has 102 valence electrons. The van der Waals surface area contributed by atoms with Crippen molar-refractivity contribution in [1.29, 1.82) is 0 Å². The van der Waals surface area contributed by atoms with Gasteiger partial charge in [0.25, 0.3) is 11.8 Å². The van der Waals surface area contributed by atoms with Crippen molar-refractivity contribution in [1.82, 2.24) is 5.06 Å². The molecule has 1 aliphatic rings. The molecule has 0 saturated carbocycles. The van der Waals surface area contributed by atoms with Gasteiger partial charge in [-0.2, -0.15) is 0 Å². The summed E-state index contributed by atoms with van der Waals surface area (Å²) in [6.07, 6.45) is 3.17. The van der Waals surface area contributed by atoms with Gasteiger partial charge < -0.3 is 4.84 Å². The molecule has 0 N–H and O–H groups in total. The van der Waals surface area contributed by atoms with Crippen molar-refractivity contribution in [2.24, 2.45) is 5.41 Å². The summed E-state index contributed by atoms with van der Waals surface area (Å²) in [4.78, 5) is 38.9. The second-order valence-electron chi connectivity index (χ2n) is 5.06. The molecule has 0 aromatic heterocycles. The molecule has 0 aromatic rings. The van der Waals surface area contributed by atoms with Crippen LogP contribution >= 0.6 is 0 Å². The average molecular weight is 255 g/mol. The molecule has 0 aliphatic carbocycles. The fourth-order valence-corrected chi connectivity index (χ4v) is 1.81. The van der Waals surface area contributed by atoms with Crippen LogP contribution in [0.2, 0.25) is 0 Å². The number of hydroxylamine groups is 2. The normalized spacial score (nSPS) is 16.3. The van der Waals surface area contributed by atoms with Crippen LogP contribution in [0.4, 0.5) is 0 Å². The Morgan fingerprint density at radius 3 is 2.17 bits per heavy atom. The highest BCUT2D eigenvalue weighted by Gasteiger charge is 2.33.